The van der Waals surface area contributed by atoms with Crippen molar-refractivity contribution in [1.29, 1.82) is 0 Å². The second-order valence-corrected chi connectivity index (χ2v) is 17.8. The molecule has 239 valence electrons. The van der Waals surface area contributed by atoms with Crippen molar-refractivity contribution in [2.75, 3.05) is 0 Å². The van der Waals surface area contributed by atoms with Gasteiger partial charge in [0.25, 0.3) is 0 Å². The molecule has 1 fully saturated rings. The average molecular weight is 810 g/mol. The van der Waals surface area contributed by atoms with Gasteiger partial charge in [-0.05, 0) is 54.3 Å². The van der Waals surface area contributed by atoms with Crippen molar-refractivity contribution >= 4 is 35.3 Å². The summed E-state index contributed by atoms with van der Waals surface area (Å²) in [6.07, 6.45) is 6.37. The van der Waals surface area contributed by atoms with E-state index in [9.17, 15) is 0 Å². The van der Waals surface area contributed by atoms with E-state index in [2.05, 4.69) is 52.8 Å². The average Bonchev–Trinajstić information content (AvgIpc) is 3.52. The number of rotatable bonds is 6. The van der Waals surface area contributed by atoms with Gasteiger partial charge in [-0.3, -0.25) is 0 Å². The number of nitrogens with zero attached hydrogens (tertiary/aromatic N) is 3. The molecular weight excluding hydrogens is 759 g/mol. The van der Waals surface area contributed by atoms with Crippen molar-refractivity contribution in [2.45, 2.75) is 77.9 Å². The van der Waals surface area contributed by atoms with Crippen LogP contribution in [0.1, 0.15) is 73.9 Å². The Morgan fingerprint density at radius 3 is 2.57 bits per heavy atom. The van der Waals surface area contributed by atoms with Gasteiger partial charge in [0.05, 0.1) is 17.8 Å². The Hall–Kier alpha value is -3.44. The fraction of sp³-hybridized carbons (Fsp3) is 0.325. The second kappa shape index (κ2) is 15.0. The van der Waals surface area contributed by atoms with E-state index in [1.165, 1.54) is 11.4 Å². The van der Waals surface area contributed by atoms with E-state index in [0.29, 0.717) is 11.3 Å². The Labute approximate surface area is 299 Å². The van der Waals surface area contributed by atoms with Crippen LogP contribution in [0.5, 0.6) is 0 Å². The zero-order chi connectivity index (χ0) is 38.5. The largest absolute Gasteiger partial charge is 0.486 e. The fourth-order valence-electron chi connectivity index (χ4n) is 5.78. The molecule has 2 aromatic carbocycles. The summed E-state index contributed by atoms with van der Waals surface area (Å²) >= 11 is 0. The number of pyridine rings is 3. The number of hydrogen-bond donors (Lipinski definition) is 0. The van der Waals surface area contributed by atoms with Crippen molar-refractivity contribution in [3.05, 3.63) is 108 Å². The molecule has 0 spiro atoms. The van der Waals surface area contributed by atoms with Crippen LogP contribution >= 0.6 is 0 Å². The molecule has 0 atom stereocenters. The molecule has 0 bridgehead atoms. The van der Waals surface area contributed by atoms with Gasteiger partial charge in [0.15, 0.2) is 0 Å². The third-order valence-electron chi connectivity index (χ3n) is 8.12. The summed E-state index contributed by atoms with van der Waals surface area (Å²) in [5, 5.41) is 1.53. The maximum absolute atomic E-state index is 8.79. The van der Waals surface area contributed by atoms with Crippen molar-refractivity contribution in [1.82, 2.24) is 15.0 Å². The first-order chi connectivity index (χ1) is 24.9. The third kappa shape index (κ3) is 7.74. The van der Waals surface area contributed by atoms with Crippen molar-refractivity contribution in [2.24, 2.45) is 5.92 Å². The van der Waals surface area contributed by atoms with Crippen LogP contribution in [0.2, 0.25) is 19.6 Å². The van der Waals surface area contributed by atoms with Crippen LogP contribution < -0.4 is 5.19 Å². The first-order valence-corrected chi connectivity index (χ1v) is 19.1. The van der Waals surface area contributed by atoms with Gasteiger partial charge in [-0.25, -0.2) is 4.98 Å². The second-order valence-electron chi connectivity index (χ2n) is 12.8. The molecule has 6 heteroatoms. The molecule has 1 aliphatic carbocycles. The van der Waals surface area contributed by atoms with Gasteiger partial charge in [0.2, 0.25) is 5.71 Å². The number of aromatic nitrogens is 3. The van der Waals surface area contributed by atoms with Gasteiger partial charge in [-0.1, -0.05) is 99.8 Å². The Morgan fingerprint density at radius 2 is 1.83 bits per heavy atom. The summed E-state index contributed by atoms with van der Waals surface area (Å²) in [5.41, 5.74) is 4.16. The summed E-state index contributed by atoms with van der Waals surface area (Å²) in [6, 6.07) is 18.1. The van der Waals surface area contributed by atoms with E-state index in [-0.39, 0.29) is 77.8 Å². The van der Waals surface area contributed by atoms with Crippen LogP contribution in [0, 0.1) is 18.1 Å². The molecule has 0 N–H and O–H groups in total. The fourth-order valence-corrected chi connectivity index (χ4v) is 7.36. The van der Waals surface area contributed by atoms with E-state index >= 15 is 0 Å². The molecule has 1 aliphatic rings. The van der Waals surface area contributed by atoms with Crippen LogP contribution in [0.15, 0.2) is 89.6 Å². The Balaban J connectivity index is 0.000000230. The third-order valence-corrected chi connectivity index (χ3v) is 10.1. The number of furan rings is 1. The summed E-state index contributed by atoms with van der Waals surface area (Å²) in [6.45, 7) is 10.8. The SMILES string of the molecule is [2H]C(C)(C)c1cc(-c2[c-]cccc2)ncc1[Si](C)(C)C.[2H]c1[c-]c(-c2cc(C([2H])([2H])C3CCCCC3)ccn2)c2oc3nc([2H])c([2H])c([2H])c3c2c1[2H].[Ir]. The van der Waals surface area contributed by atoms with Gasteiger partial charge < -0.3 is 14.4 Å². The predicted octanol–water partition coefficient (Wildman–Crippen LogP) is 10.2. The minimum Gasteiger partial charge on any atom is -0.486 e. The van der Waals surface area contributed by atoms with Crippen LogP contribution in [0.25, 0.3) is 44.6 Å². The molecule has 0 saturated heterocycles. The maximum Gasteiger partial charge on any atom is 0.216 e. The van der Waals surface area contributed by atoms with Crippen LogP contribution in [0.3, 0.4) is 0 Å². The zero-order valence-electron chi connectivity index (χ0n) is 34.9. The summed E-state index contributed by atoms with van der Waals surface area (Å²) < 4.78 is 72.5. The molecular formula is C40H43IrN3OSi-2. The Bertz CT molecular complexity index is 2300. The molecule has 4 heterocycles. The summed E-state index contributed by atoms with van der Waals surface area (Å²) in [5.74, 6) is -0.692. The maximum atomic E-state index is 8.79. The monoisotopic (exact) mass is 810 g/mol. The first kappa shape index (κ1) is 24.7. The van der Waals surface area contributed by atoms with Crippen molar-refractivity contribution < 1.29 is 35.5 Å². The zero-order valence-corrected chi connectivity index (χ0v) is 30.3. The molecule has 0 unspecified atom stereocenters. The molecule has 4 nitrogen and oxygen atoms in total. The standard InChI is InChI=1S/C23H21N2O.C17H22NSi.Ir/c1-2-6-16(7-3-1)14-17-11-13-24-21(15-17)20-9-4-8-18-19-10-5-12-25-23(19)26-22(18)20;1-13(2)15-11-16(14-9-7-6-8-10-14)18-12-17(15)19(3,4)5;/h4-5,8,10-13,15-16H,1-3,6-7,14H2;6-9,11-13H,1-5H3;/q2*-1;/i4D,5D,8D,10D,12D,14D2;13D;. The van der Waals surface area contributed by atoms with E-state index in [1.807, 2.05) is 44.3 Å². The predicted molar refractivity (Wildman–Crippen MR) is 189 cm³/mol. The number of benzene rings is 2. The van der Waals surface area contributed by atoms with Crippen LogP contribution in [0.4, 0.5) is 0 Å². The minimum absolute atomic E-state index is 0. The first-order valence-electron chi connectivity index (χ1n) is 19.6. The van der Waals surface area contributed by atoms with Gasteiger partial charge in [0.1, 0.15) is 0 Å². The number of fused-ring (bicyclic) bond motifs is 3. The topological polar surface area (TPSA) is 51.8 Å². The van der Waals surface area contributed by atoms with Gasteiger partial charge in [-0.15, -0.1) is 54.0 Å². The smallest absolute Gasteiger partial charge is 0.216 e. The summed E-state index contributed by atoms with van der Waals surface area (Å²) in [7, 11) is -1.50. The van der Waals surface area contributed by atoms with Crippen molar-refractivity contribution in [3.63, 3.8) is 0 Å². The molecule has 4 aromatic heterocycles. The molecule has 1 radical (unpaired) electrons. The van der Waals surface area contributed by atoms with Crippen LogP contribution in [-0.2, 0) is 26.5 Å². The van der Waals surface area contributed by atoms with Gasteiger partial charge >= 0.3 is 0 Å². The van der Waals surface area contributed by atoms with E-state index < -0.39 is 26.5 Å². The van der Waals surface area contributed by atoms with E-state index in [0.717, 1.165) is 48.9 Å². The molecule has 7 rings (SSSR count). The molecule has 0 amide bonds. The van der Waals surface area contributed by atoms with Gasteiger partial charge in [-0.2, -0.15) is 0 Å². The van der Waals surface area contributed by atoms with E-state index in [4.69, 9.17) is 15.4 Å². The van der Waals surface area contributed by atoms with Crippen molar-refractivity contribution in [3.8, 4) is 22.5 Å². The molecule has 0 aliphatic heterocycles. The summed E-state index contributed by atoms with van der Waals surface area (Å²) in [4.78, 5) is 12.9. The molecule has 6 aromatic rings. The molecule has 46 heavy (non-hydrogen) atoms. The number of hydrogen-bond acceptors (Lipinski definition) is 4. The normalized spacial score (nSPS) is 16.8. The molecule has 1 saturated carbocycles. The van der Waals surface area contributed by atoms with Crippen LogP contribution in [-0.4, -0.2) is 23.0 Å². The Kier molecular flexibility index (Phi) is 8.04. The Morgan fingerprint density at radius 1 is 1.00 bits per heavy atom. The van der Waals surface area contributed by atoms with Gasteiger partial charge in [0, 0.05) is 49.5 Å². The quantitative estimate of drug-likeness (QED) is 0.124. The minimum atomic E-state index is -1.54. The van der Waals surface area contributed by atoms with E-state index in [1.54, 1.807) is 12.1 Å².